The first-order valence-electron chi connectivity index (χ1n) is 6.23. The molecule has 1 aliphatic rings. The van der Waals surface area contributed by atoms with Crippen LogP contribution in [0, 0.1) is 0 Å². The molecule has 0 amide bonds. The lowest BCUT2D eigenvalue weighted by Crippen LogP contribution is -2.18. The highest BCUT2D eigenvalue weighted by Crippen LogP contribution is 2.30. The second kappa shape index (κ2) is 6.54. The summed E-state index contributed by atoms with van der Waals surface area (Å²) < 4.78 is 21.1. The molecular formula is C14H18O5. The number of hydrogen-bond donors (Lipinski definition) is 0. The Labute approximate surface area is 112 Å². The van der Waals surface area contributed by atoms with Gasteiger partial charge in [0.1, 0.15) is 0 Å². The molecule has 19 heavy (non-hydrogen) atoms. The average Bonchev–Trinajstić information content (AvgIpc) is 2.68. The highest BCUT2D eigenvalue weighted by atomic mass is 16.7. The van der Waals surface area contributed by atoms with E-state index in [1.165, 1.54) is 14.2 Å². The average molecular weight is 266 g/mol. The molecule has 1 aromatic rings. The fourth-order valence-corrected chi connectivity index (χ4v) is 1.87. The molecular weight excluding hydrogens is 248 g/mol. The zero-order chi connectivity index (χ0) is 13.7. The second-order valence-corrected chi connectivity index (χ2v) is 4.24. The molecule has 0 fully saturated rings. The molecule has 1 heterocycles. The second-order valence-electron chi connectivity index (χ2n) is 4.24. The lowest BCUT2D eigenvalue weighted by atomic mass is 10.1. The van der Waals surface area contributed by atoms with Crippen molar-refractivity contribution >= 4 is 5.78 Å². The Balaban J connectivity index is 2.12. The van der Waals surface area contributed by atoms with Gasteiger partial charge in [-0.05, 0) is 18.2 Å². The van der Waals surface area contributed by atoms with Gasteiger partial charge in [0.05, 0.1) is 19.6 Å². The molecule has 0 unspecified atom stereocenters. The summed E-state index contributed by atoms with van der Waals surface area (Å²) in [7, 11) is 3.02. The standard InChI is InChI=1S/C14H18O5/c1-16-14(17-2)9-11(15)10-4-5-12-13(8-10)19-7-3-6-18-12/h4-5,8,14H,3,6-7,9H2,1-2H3. The van der Waals surface area contributed by atoms with Gasteiger partial charge in [-0.2, -0.15) is 0 Å². The molecule has 0 bridgehead atoms. The predicted molar refractivity (Wildman–Crippen MR) is 68.8 cm³/mol. The third kappa shape index (κ3) is 3.45. The Kier molecular flexibility index (Phi) is 4.76. The van der Waals surface area contributed by atoms with E-state index >= 15 is 0 Å². The van der Waals surface area contributed by atoms with E-state index in [2.05, 4.69) is 0 Å². The fraction of sp³-hybridized carbons (Fsp3) is 0.500. The van der Waals surface area contributed by atoms with Crippen molar-refractivity contribution in [2.75, 3.05) is 27.4 Å². The molecule has 0 radical (unpaired) electrons. The maximum absolute atomic E-state index is 12.1. The van der Waals surface area contributed by atoms with E-state index in [9.17, 15) is 4.79 Å². The van der Waals surface area contributed by atoms with Crippen molar-refractivity contribution in [1.29, 1.82) is 0 Å². The number of carbonyl (C=O) groups is 1. The third-order valence-corrected chi connectivity index (χ3v) is 2.95. The molecule has 0 saturated heterocycles. The van der Waals surface area contributed by atoms with Crippen molar-refractivity contribution in [2.24, 2.45) is 0 Å². The van der Waals surface area contributed by atoms with E-state index < -0.39 is 6.29 Å². The van der Waals surface area contributed by atoms with Crippen LogP contribution in [0.3, 0.4) is 0 Å². The fourth-order valence-electron chi connectivity index (χ4n) is 1.87. The predicted octanol–water partition coefficient (Wildman–Crippen LogP) is 2.04. The van der Waals surface area contributed by atoms with Crippen molar-refractivity contribution in [2.45, 2.75) is 19.1 Å². The molecule has 5 nitrogen and oxygen atoms in total. The molecule has 5 heteroatoms. The molecule has 0 aromatic heterocycles. The number of rotatable bonds is 5. The molecule has 0 N–H and O–H groups in total. The number of benzene rings is 1. The van der Waals surface area contributed by atoms with Crippen LogP contribution < -0.4 is 9.47 Å². The summed E-state index contributed by atoms with van der Waals surface area (Å²) >= 11 is 0. The molecule has 0 atom stereocenters. The van der Waals surface area contributed by atoms with Gasteiger partial charge in [-0.1, -0.05) is 0 Å². The minimum atomic E-state index is -0.525. The topological polar surface area (TPSA) is 54.0 Å². The minimum Gasteiger partial charge on any atom is -0.490 e. The summed E-state index contributed by atoms with van der Waals surface area (Å²) in [6, 6.07) is 5.21. The van der Waals surface area contributed by atoms with E-state index in [0.29, 0.717) is 30.3 Å². The first kappa shape index (κ1) is 13.8. The minimum absolute atomic E-state index is 0.0515. The van der Waals surface area contributed by atoms with Crippen molar-refractivity contribution in [3.8, 4) is 11.5 Å². The van der Waals surface area contributed by atoms with Crippen LogP contribution in [0.1, 0.15) is 23.2 Å². The van der Waals surface area contributed by atoms with Gasteiger partial charge in [0.2, 0.25) is 0 Å². The molecule has 0 spiro atoms. The number of carbonyl (C=O) groups excluding carboxylic acids is 1. The summed E-state index contributed by atoms with van der Waals surface area (Å²) in [5.74, 6) is 1.25. The largest absolute Gasteiger partial charge is 0.490 e. The normalized spacial score (nSPS) is 14.3. The lowest BCUT2D eigenvalue weighted by molar-refractivity contribution is -0.0993. The Morgan fingerprint density at radius 3 is 2.58 bits per heavy atom. The van der Waals surface area contributed by atoms with E-state index in [4.69, 9.17) is 18.9 Å². The van der Waals surface area contributed by atoms with Crippen LogP contribution in [-0.2, 0) is 9.47 Å². The number of methoxy groups -OCH3 is 2. The van der Waals surface area contributed by atoms with Gasteiger partial charge < -0.3 is 18.9 Å². The monoisotopic (exact) mass is 266 g/mol. The van der Waals surface area contributed by atoms with Gasteiger partial charge in [0, 0.05) is 26.2 Å². The van der Waals surface area contributed by atoms with Crippen molar-refractivity contribution < 1.29 is 23.7 Å². The molecule has 2 rings (SSSR count). The van der Waals surface area contributed by atoms with Crippen LogP contribution in [0.5, 0.6) is 11.5 Å². The molecule has 0 saturated carbocycles. The van der Waals surface area contributed by atoms with Crippen molar-refractivity contribution in [1.82, 2.24) is 0 Å². The van der Waals surface area contributed by atoms with E-state index in [-0.39, 0.29) is 12.2 Å². The first-order chi connectivity index (χ1) is 9.24. The molecule has 1 aliphatic heterocycles. The maximum Gasteiger partial charge on any atom is 0.168 e. The van der Waals surface area contributed by atoms with E-state index in [1.807, 2.05) is 0 Å². The summed E-state index contributed by atoms with van der Waals surface area (Å²) in [5, 5.41) is 0. The molecule has 1 aromatic carbocycles. The van der Waals surface area contributed by atoms with E-state index in [0.717, 1.165) is 6.42 Å². The number of Topliss-reactive ketones (excluding diaryl/α,β-unsaturated/α-hetero) is 1. The van der Waals surface area contributed by atoms with Gasteiger partial charge in [0.15, 0.2) is 23.6 Å². The van der Waals surface area contributed by atoms with Crippen molar-refractivity contribution in [3.05, 3.63) is 23.8 Å². The lowest BCUT2D eigenvalue weighted by Gasteiger charge is -2.13. The summed E-state index contributed by atoms with van der Waals surface area (Å²) in [4.78, 5) is 12.1. The van der Waals surface area contributed by atoms with Gasteiger partial charge in [-0.3, -0.25) is 4.79 Å². The van der Waals surface area contributed by atoms with Crippen molar-refractivity contribution in [3.63, 3.8) is 0 Å². The van der Waals surface area contributed by atoms with Crippen LogP contribution in [0.4, 0.5) is 0 Å². The maximum atomic E-state index is 12.1. The zero-order valence-corrected chi connectivity index (χ0v) is 11.2. The highest BCUT2D eigenvalue weighted by molar-refractivity contribution is 5.96. The van der Waals surface area contributed by atoms with Gasteiger partial charge in [-0.15, -0.1) is 0 Å². The van der Waals surface area contributed by atoms with Gasteiger partial charge >= 0.3 is 0 Å². The summed E-state index contributed by atoms with van der Waals surface area (Å²) in [5.41, 5.74) is 0.573. The van der Waals surface area contributed by atoms with Gasteiger partial charge in [-0.25, -0.2) is 0 Å². The number of ether oxygens (including phenoxy) is 4. The van der Waals surface area contributed by atoms with Crippen LogP contribution in [0.15, 0.2) is 18.2 Å². The zero-order valence-electron chi connectivity index (χ0n) is 11.2. The smallest absolute Gasteiger partial charge is 0.168 e. The number of ketones is 1. The molecule has 0 aliphatic carbocycles. The number of hydrogen-bond acceptors (Lipinski definition) is 5. The quantitative estimate of drug-likeness (QED) is 0.603. The summed E-state index contributed by atoms with van der Waals surface area (Å²) in [6.45, 7) is 1.24. The van der Waals surface area contributed by atoms with Crippen LogP contribution >= 0.6 is 0 Å². The van der Waals surface area contributed by atoms with Crippen LogP contribution in [0.2, 0.25) is 0 Å². The van der Waals surface area contributed by atoms with E-state index in [1.54, 1.807) is 18.2 Å². The molecule has 104 valence electrons. The Morgan fingerprint density at radius 2 is 1.89 bits per heavy atom. The summed E-state index contributed by atoms with van der Waals surface area (Å²) in [6.07, 6.45) is 0.489. The Hall–Kier alpha value is -1.59. The number of fused-ring (bicyclic) bond motifs is 1. The first-order valence-corrected chi connectivity index (χ1v) is 6.23. The van der Waals surface area contributed by atoms with Crippen LogP contribution in [0.25, 0.3) is 0 Å². The Morgan fingerprint density at radius 1 is 1.21 bits per heavy atom. The third-order valence-electron chi connectivity index (χ3n) is 2.95. The van der Waals surface area contributed by atoms with Gasteiger partial charge in [0.25, 0.3) is 0 Å². The Bertz CT molecular complexity index is 439. The SMILES string of the molecule is COC(CC(=O)c1ccc2c(c1)OCCCO2)OC. The highest BCUT2D eigenvalue weighted by Gasteiger charge is 2.17. The van der Waals surface area contributed by atoms with Crippen LogP contribution in [-0.4, -0.2) is 39.5 Å².